The van der Waals surface area contributed by atoms with Crippen LogP contribution >= 0.6 is 0 Å². The molecule has 0 unspecified atom stereocenters. The summed E-state index contributed by atoms with van der Waals surface area (Å²) in [5.41, 5.74) is -9.40. The molecular formula is C20H24O11. The van der Waals surface area contributed by atoms with Crippen molar-refractivity contribution in [3.8, 4) is 0 Å². The van der Waals surface area contributed by atoms with E-state index in [1.54, 1.807) is 20.8 Å². The van der Waals surface area contributed by atoms with Gasteiger partial charge in [-0.3, -0.25) is 4.79 Å². The summed E-state index contributed by atoms with van der Waals surface area (Å²) in [5, 5.41) is 46.1. The second-order valence-corrected chi connectivity index (χ2v) is 10.8. The van der Waals surface area contributed by atoms with Crippen molar-refractivity contribution in [2.24, 2.45) is 28.1 Å². The minimum Gasteiger partial charge on any atom is -0.456 e. The number of fused-ring (bicyclic) bond motifs is 1. The number of carbonyl (C=O) groups excluding carboxylic acids is 3. The van der Waals surface area contributed by atoms with Crippen molar-refractivity contribution in [2.75, 3.05) is 0 Å². The van der Waals surface area contributed by atoms with Gasteiger partial charge in [-0.05, 0) is 12.3 Å². The van der Waals surface area contributed by atoms with Gasteiger partial charge in [-0.1, -0.05) is 20.8 Å². The van der Waals surface area contributed by atoms with Gasteiger partial charge in [-0.2, -0.15) is 0 Å². The molecule has 4 aliphatic heterocycles. The Balaban J connectivity index is 1.75. The van der Waals surface area contributed by atoms with E-state index in [-0.39, 0.29) is 0 Å². The molecule has 170 valence electrons. The molecule has 4 saturated heterocycles. The highest BCUT2D eigenvalue weighted by atomic mass is 16.8. The highest BCUT2D eigenvalue weighted by molar-refractivity contribution is 5.94. The number of aliphatic hydroxyl groups excluding tert-OH is 3. The monoisotopic (exact) mass is 440 g/mol. The predicted octanol–water partition coefficient (Wildman–Crippen LogP) is -2.40. The van der Waals surface area contributed by atoms with Crippen molar-refractivity contribution >= 4 is 17.9 Å². The zero-order chi connectivity index (χ0) is 22.7. The van der Waals surface area contributed by atoms with Crippen molar-refractivity contribution in [1.29, 1.82) is 0 Å². The maximum atomic E-state index is 13.4. The summed E-state index contributed by atoms with van der Waals surface area (Å²) in [6.07, 6.45) is -9.69. The first kappa shape index (κ1) is 19.9. The van der Waals surface area contributed by atoms with Gasteiger partial charge in [-0.25, -0.2) is 9.59 Å². The van der Waals surface area contributed by atoms with Crippen LogP contribution in [0.3, 0.4) is 0 Å². The molecule has 0 aromatic carbocycles. The Morgan fingerprint density at radius 3 is 2.19 bits per heavy atom. The Kier molecular flexibility index (Phi) is 3.15. The fourth-order valence-corrected chi connectivity index (χ4v) is 8.27. The summed E-state index contributed by atoms with van der Waals surface area (Å²) in [6, 6.07) is 0. The highest BCUT2D eigenvalue weighted by Gasteiger charge is 3.05. The number of rotatable bonds is 0. The SMILES string of the molecule is C[C@@H]1C(=O)O[C@H]2[C@@H](O)[C@@]34[C@@H]5OC(=O)[C@@]3(O[C@@H]3OC(=O)[C@H](O)[C@@]34[C@H](C(C)(C)C)[C@H]5O)[C@@]12O. The standard InChI is InChI=1S/C20H24O11/c1-5-12(24)28-11-8(22)18-10-6(21)7(16(2,3)4)17(18)9(23)13(25)30-15(17)31-20(18,14(26)29-10)19(5,11)27/h5-11,15,21-23,27H,1-4H3/t5-,6-,7+,8-,9+,10-,11+,15+,17+,18+,19-,20+/m1/s1. The summed E-state index contributed by atoms with van der Waals surface area (Å²) in [5.74, 6) is -5.22. The summed E-state index contributed by atoms with van der Waals surface area (Å²) in [4.78, 5) is 38.3. The molecule has 0 aromatic heterocycles. The number of carbonyl (C=O) groups is 3. The zero-order valence-electron chi connectivity index (χ0n) is 17.3. The normalized spacial score (nSPS) is 61.0. The quantitative estimate of drug-likeness (QED) is 0.234. The molecule has 11 nitrogen and oxygen atoms in total. The molecule has 2 aliphatic carbocycles. The minimum atomic E-state index is -2.40. The van der Waals surface area contributed by atoms with Gasteiger partial charge < -0.3 is 39.4 Å². The Bertz CT molecular complexity index is 957. The van der Waals surface area contributed by atoms with Crippen molar-refractivity contribution in [2.45, 2.75) is 75.7 Å². The van der Waals surface area contributed by atoms with E-state index in [0.717, 1.165) is 0 Å². The van der Waals surface area contributed by atoms with Gasteiger partial charge in [0.15, 0.2) is 17.8 Å². The average Bonchev–Trinajstić information content (AvgIpc) is 3.35. The molecule has 2 spiro atoms. The minimum absolute atomic E-state index is 0.792. The van der Waals surface area contributed by atoms with Gasteiger partial charge in [0.25, 0.3) is 0 Å². The third kappa shape index (κ3) is 1.43. The van der Waals surface area contributed by atoms with Gasteiger partial charge in [0.05, 0.1) is 22.9 Å². The predicted molar refractivity (Wildman–Crippen MR) is 93.4 cm³/mol. The molecule has 0 aromatic rings. The smallest absolute Gasteiger partial charge is 0.343 e. The van der Waals surface area contributed by atoms with Crippen LogP contribution in [-0.2, 0) is 33.3 Å². The van der Waals surface area contributed by atoms with Gasteiger partial charge in [0, 0.05) is 5.92 Å². The number of hydrogen-bond acceptors (Lipinski definition) is 11. The zero-order valence-corrected chi connectivity index (χ0v) is 17.3. The average molecular weight is 440 g/mol. The van der Waals surface area contributed by atoms with Crippen LogP contribution in [0.5, 0.6) is 0 Å². The van der Waals surface area contributed by atoms with Crippen molar-refractivity contribution in [3.63, 3.8) is 0 Å². The van der Waals surface area contributed by atoms with E-state index in [1.165, 1.54) is 6.92 Å². The first-order valence-corrected chi connectivity index (χ1v) is 10.3. The molecule has 2 saturated carbocycles. The fourth-order valence-electron chi connectivity index (χ4n) is 8.27. The van der Waals surface area contributed by atoms with Crippen molar-refractivity contribution in [3.05, 3.63) is 0 Å². The lowest BCUT2D eigenvalue weighted by Gasteiger charge is -2.47. The first-order chi connectivity index (χ1) is 14.3. The van der Waals surface area contributed by atoms with E-state index >= 15 is 0 Å². The van der Waals surface area contributed by atoms with Crippen LogP contribution in [0.15, 0.2) is 0 Å². The summed E-state index contributed by atoms with van der Waals surface area (Å²) in [6.45, 7) is 6.63. The molecule has 11 heteroatoms. The molecular weight excluding hydrogens is 416 g/mol. The van der Waals surface area contributed by atoms with Gasteiger partial charge in [0.2, 0.25) is 11.9 Å². The molecule has 4 N–H and O–H groups in total. The Morgan fingerprint density at radius 2 is 1.58 bits per heavy atom. The molecule has 12 atom stereocenters. The third-order valence-corrected chi connectivity index (χ3v) is 8.95. The van der Waals surface area contributed by atoms with E-state index < -0.39 is 94.0 Å². The molecule has 6 aliphatic rings. The van der Waals surface area contributed by atoms with E-state index in [1.807, 2.05) is 0 Å². The lowest BCUT2D eigenvalue weighted by atomic mass is 9.51. The van der Waals surface area contributed by atoms with Crippen LogP contribution in [0.2, 0.25) is 0 Å². The number of aliphatic hydroxyl groups is 4. The number of esters is 3. The van der Waals surface area contributed by atoms with E-state index in [9.17, 15) is 34.8 Å². The third-order valence-electron chi connectivity index (χ3n) is 8.95. The second-order valence-electron chi connectivity index (χ2n) is 10.8. The van der Waals surface area contributed by atoms with E-state index in [0.29, 0.717) is 0 Å². The topological polar surface area (TPSA) is 169 Å². The van der Waals surface area contributed by atoms with Crippen LogP contribution in [0.4, 0.5) is 0 Å². The van der Waals surface area contributed by atoms with Gasteiger partial charge in [0.1, 0.15) is 12.2 Å². The van der Waals surface area contributed by atoms with E-state index in [2.05, 4.69) is 0 Å². The summed E-state index contributed by atoms with van der Waals surface area (Å²) >= 11 is 0. The Morgan fingerprint density at radius 1 is 0.935 bits per heavy atom. The van der Waals surface area contributed by atoms with Gasteiger partial charge in [-0.15, -0.1) is 0 Å². The molecule has 6 fully saturated rings. The lowest BCUT2D eigenvalue weighted by molar-refractivity contribution is -0.240. The molecule has 0 bridgehead atoms. The molecule has 0 amide bonds. The summed E-state index contributed by atoms with van der Waals surface area (Å²) in [7, 11) is 0. The van der Waals surface area contributed by atoms with E-state index in [4.69, 9.17) is 18.9 Å². The van der Waals surface area contributed by atoms with Crippen LogP contribution in [0, 0.1) is 28.1 Å². The maximum absolute atomic E-state index is 13.4. The fraction of sp³-hybridized carbons (Fsp3) is 0.850. The maximum Gasteiger partial charge on any atom is 0.343 e. The number of ether oxygens (including phenoxy) is 4. The Labute approximate surface area is 176 Å². The molecule has 0 radical (unpaired) electrons. The largest absolute Gasteiger partial charge is 0.456 e. The lowest BCUT2D eigenvalue weighted by Crippen LogP contribution is -2.67. The van der Waals surface area contributed by atoms with Crippen LogP contribution in [0.25, 0.3) is 0 Å². The molecule has 31 heavy (non-hydrogen) atoms. The second kappa shape index (κ2) is 4.91. The van der Waals surface area contributed by atoms with Crippen LogP contribution < -0.4 is 0 Å². The number of hydrogen-bond donors (Lipinski definition) is 4. The highest BCUT2D eigenvalue weighted by Crippen LogP contribution is 2.84. The molecule has 4 heterocycles. The van der Waals surface area contributed by atoms with Gasteiger partial charge >= 0.3 is 17.9 Å². The molecule has 6 rings (SSSR count). The van der Waals surface area contributed by atoms with Crippen LogP contribution in [0.1, 0.15) is 27.7 Å². The first-order valence-electron chi connectivity index (χ1n) is 10.3. The Hall–Kier alpha value is -1.79. The van der Waals surface area contributed by atoms with Crippen molar-refractivity contribution in [1.82, 2.24) is 0 Å². The van der Waals surface area contributed by atoms with Crippen LogP contribution in [-0.4, -0.2) is 86.3 Å². The van der Waals surface area contributed by atoms with Crippen molar-refractivity contribution < 1.29 is 53.8 Å². The summed E-state index contributed by atoms with van der Waals surface area (Å²) < 4.78 is 22.2.